The Labute approximate surface area is 168 Å². The third kappa shape index (κ3) is 4.23. The van der Waals surface area contributed by atoms with Gasteiger partial charge in [-0.2, -0.15) is 0 Å². The molecule has 3 aromatic rings. The first kappa shape index (κ1) is 19.0. The number of phenols is 1. The number of benzene rings is 2. The molecule has 0 bridgehead atoms. The molecular formula is C22H22FN3O3. The van der Waals surface area contributed by atoms with Gasteiger partial charge < -0.3 is 19.5 Å². The third-order valence-electron chi connectivity index (χ3n) is 5.02. The van der Waals surface area contributed by atoms with Crippen LogP contribution >= 0.6 is 0 Å². The molecule has 0 amide bonds. The lowest BCUT2D eigenvalue weighted by molar-refractivity contribution is 0.163. The fourth-order valence-electron chi connectivity index (χ4n) is 3.41. The van der Waals surface area contributed by atoms with Gasteiger partial charge in [0.1, 0.15) is 6.10 Å². The van der Waals surface area contributed by atoms with E-state index in [4.69, 9.17) is 9.47 Å². The molecule has 1 N–H and O–H groups in total. The van der Waals surface area contributed by atoms with E-state index in [-0.39, 0.29) is 17.7 Å². The van der Waals surface area contributed by atoms with E-state index >= 15 is 0 Å². The van der Waals surface area contributed by atoms with E-state index in [1.165, 1.54) is 13.2 Å². The van der Waals surface area contributed by atoms with Gasteiger partial charge in [0.25, 0.3) is 0 Å². The van der Waals surface area contributed by atoms with Gasteiger partial charge >= 0.3 is 0 Å². The molecule has 1 aromatic heterocycles. The van der Waals surface area contributed by atoms with E-state index in [9.17, 15) is 9.50 Å². The Morgan fingerprint density at radius 1 is 1.00 bits per heavy atom. The van der Waals surface area contributed by atoms with Gasteiger partial charge in [0.15, 0.2) is 28.9 Å². The summed E-state index contributed by atoms with van der Waals surface area (Å²) in [6.45, 7) is 1.53. The van der Waals surface area contributed by atoms with Crippen molar-refractivity contribution >= 4 is 5.82 Å². The van der Waals surface area contributed by atoms with Crippen LogP contribution in [0.4, 0.5) is 10.2 Å². The average molecular weight is 395 g/mol. The Morgan fingerprint density at radius 3 is 2.48 bits per heavy atom. The van der Waals surface area contributed by atoms with Gasteiger partial charge in [0, 0.05) is 31.5 Å². The molecule has 6 nitrogen and oxygen atoms in total. The van der Waals surface area contributed by atoms with Crippen LogP contribution in [-0.2, 0) is 0 Å². The summed E-state index contributed by atoms with van der Waals surface area (Å²) in [7, 11) is 1.51. The van der Waals surface area contributed by atoms with Crippen LogP contribution in [0.1, 0.15) is 12.8 Å². The van der Waals surface area contributed by atoms with Crippen LogP contribution in [0.5, 0.6) is 17.2 Å². The van der Waals surface area contributed by atoms with Gasteiger partial charge in [0.2, 0.25) is 0 Å². The average Bonchev–Trinajstić information content (AvgIpc) is 2.76. The topological polar surface area (TPSA) is 67.7 Å². The Morgan fingerprint density at radius 2 is 1.79 bits per heavy atom. The van der Waals surface area contributed by atoms with Crippen LogP contribution in [0.25, 0.3) is 11.3 Å². The molecule has 4 rings (SSSR count). The smallest absolute Gasteiger partial charge is 0.165 e. The molecule has 0 atom stereocenters. The molecule has 1 aliphatic rings. The maximum atomic E-state index is 13.8. The van der Waals surface area contributed by atoms with Gasteiger partial charge in [-0.05, 0) is 42.5 Å². The maximum Gasteiger partial charge on any atom is 0.165 e. The minimum absolute atomic E-state index is 0.0140. The first-order valence-electron chi connectivity index (χ1n) is 9.51. The zero-order chi connectivity index (χ0) is 20.2. The van der Waals surface area contributed by atoms with Crippen molar-refractivity contribution in [1.82, 2.24) is 10.2 Å². The number of anilines is 1. The number of hydrogen-bond donors (Lipinski definition) is 1. The van der Waals surface area contributed by atoms with Crippen LogP contribution < -0.4 is 14.4 Å². The Bertz CT molecular complexity index is 973. The predicted molar refractivity (Wildman–Crippen MR) is 108 cm³/mol. The van der Waals surface area contributed by atoms with Crippen LogP contribution in [0.3, 0.4) is 0 Å². The first-order valence-corrected chi connectivity index (χ1v) is 9.51. The second kappa shape index (κ2) is 8.34. The van der Waals surface area contributed by atoms with Crippen molar-refractivity contribution in [1.29, 1.82) is 0 Å². The van der Waals surface area contributed by atoms with Gasteiger partial charge in [-0.25, -0.2) is 4.39 Å². The highest BCUT2D eigenvalue weighted by Crippen LogP contribution is 2.31. The summed E-state index contributed by atoms with van der Waals surface area (Å²) in [5.41, 5.74) is 1.51. The zero-order valence-electron chi connectivity index (χ0n) is 16.1. The number of halogens is 1. The van der Waals surface area contributed by atoms with Crippen molar-refractivity contribution in [2.45, 2.75) is 18.9 Å². The highest BCUT2D eigenvalue weighted by molar-refractivity contribution is 5.64. The molecule has 1 fully saturated rings. The fourth-order valence-corrected chi connectivity index (χ4v) is 3.41. The minimum atomic E-state index is -0.331. The number of piperidine rings is 1. The Kier molecular flexibility index (Phi) is 5.46. The summed E-state index contributed by atoms with van der Waals surface area (Å²) in [6.07, 6.45) is 1.56. The molecule has 150 valence electrons. The molecule has 2 heterocycles. The molecule has 0 radical (unpaired) electrons. The number of para-hydroxylation sites is 1. The third-order valence-corrected chi connectivity index (χ3v) is 5.02. The molecule has 7 heteroatoms. The summed E-state index contributed by atoms with van der Waals surface area (Å²) in [5.74, 6) is 1.25. The molecule has 0 aliphatic carbocycles. The molecule has 1 aliphatic heterocycles. The van der Waals surface area contributed by atoms with E-state index in [1.807, 2.05) is 12.1 Å². The predicted octanol–water partition coefficient (Wildman–Crippen LogP) is 4.04. The molecule has 29 heavy (non-hydrogen) atoms. The lowest BCUT2D eigenvalue weighted by atomic mass is 10.1. The summed E-state index contributed by atoms with van der Waals surface area (Å²) < 4.78 is 24.7. The van der Waals surface area contributed by atoms with E-state index in [0.717, 1.165) is 37.3 Å². The van der Waals surface area contributed by atoms with Gasteiger partial charge in [-0.15, -0.1) is 10.2 Å². The zero-order valence-corrected chi connectivity index (χ0v) is 16.1. The highest BCUT2D eigenvalue weighted by atomic mass is 19.1. The summed E-state index contributed by atoms with van der Waals surface area (Å²) in [5, 5.41) is 18.4. The number of aromatic hydroxyl groups is 1. The van der Waals surface area contributed by atoms with E-state index in [0.29, 0.717) is 17.2 Å². The minimum Gasteiger partial charge on any atom is -0.504 e. The van der Waals surface area contributed by atoms with Crippen molar-refractivity contribution in [3.8, 4) is 28.5 Å². The van der Waals surface area contributed by atoms with Crippen LogP contribution in [0, 0.1) is 5.82 Å². The van der Waals surface area contributed by atoms with Crippen molar-refractivity contribution in [2.24, 2.45) is 0 Å². The quantitative estimate of drug-likeness (QED) is 0.703. The summed E-state index contributed by atoms with van der Waals surface area (Å²) in [6, 6.07) is 15.4. The van der Waals surface area contributed by atoms with Gasteiger partial charge in [-0.1, -0.05) is 12.1 Å². The van der Waals surface area contributed by atoms with Crippen LogP contribution in [-0.4, -0.2) is 41.6 Å². The summed E-state index contributed by atoms with van der Waals surface area (Å²) in [4.78, 5) is 2.15. The number of rotatable bonds is 5. The summed E-state index contributed by atoms with van der Waals surface area (Å²) >= 11 is 0. The Balaban J connectivity index is 1.39. The monoisotopic (exact) mass is 395 g/mol. The van der Waals surface area contributed by atoms with Crippen LogP contribution in [0.2, 0.25) is 0 Å². The SMILES string of the molecule is COc1cc(-c2ccc(N3CCC(Oc4ccccc4F)CC3)nn2)ccc1O. The number of hydrogen-bond acceptors (Lipinski definition) is 6. The molecule has 0 unspecified atom stereocenters. The van der Waals surface area contributed by atoms with Gasteiger partial charge in [0.05, 0.1) is 12.8 Å². The standard InChI is InChI=1S/C22H22FN3O3/c1-28-21-14-15(6-8-19(21)27)18-7-9-22(25-24-18)26-12-10-16(11-13-26)29-20-5-3-2-4-17(20)23/h2-9,14,16,27H,10-13H2,1H3. The van der Waals surface area contributed by atoms with Crippen molar-refractivity contribution in [3.63, 3.8) is 0 Å². The fraction of sp³-hybridized carbons (Fsp3) is 0.273. The van der Waals surface area contributed by atoms with E-state index in [2.05, 4.69) is 15.1 Å². The molecule has 0 saturated carbocycles. The normalized spacial score (nSPS) is 14.6. The van der Waals surface area contributed by atoms with E-state index < -0.39 is 0 Å². The van der Waals surface area contributed by atoms with Crippen LogP contribution in [0.15, 0.2) is 54.6 Å². The van der Waals surface area contributed by atoms with Gasteiger partial charge in [-0.3, -0.25) is 0 Å². The second-order valence-electron chi connectivity index (χ2n) is 6.90. The number of phenolic OH excluding ortho intramolecular Hbond substituents is 1. The van der Waals surface area contributed by atoms with Crippen molar-refractivity contribution in [3.05, 3.63) is 60.4 Å². The number of ether oxygens (including phenoxy) is 2. The molecule has 1 saturated heterocycles. The molecule has 0 spiro atoms. The maximum absolute atomic E-state index is 13.8. The lowest BCUT2D eigenvalue weighted by Gasteiger charge is -2.32. The molecule has 2 aromatic carbocycles. The highest BCUT2D eigenvalue weighted by Gasteiger charge is 2.22. The van der Waals surface area contributed by atoms with E-state index in [1.54, 1.807) is 36.4 Å². The molecular weight excluding hydrogens is 373 g/mol. The number of methoxy groups -OCH3 is 1. The number of nitrogens with zero attached hydrogens (tertiary/aromatic N) is 3. The second-order valence-corrected chi connectivity index (χ2v) is 6.90. The number of aromatic nitrogens is 2. The lowest BCUT2D eigenvalue weighted by Crippen LogP contribution is -2.38. The Hall–Kier alpha value is -3.35. The first-order chi connectivity index (χ1) is 14.1. The van der Waals surface area contributed by atoms with Crippen molar-refractivity contribution in [2.75, 3.05) is 25.1 Å². The van der Waals surface area contributed by atoms with Crippen molar-refractivity contribution < 1.29 is 19.0 Å². The largest absolute Gasteiger partial charge is 0.504 e.